The van der Waals surface area contributed by atoms with Gasteiger partial charge in [0.1, 0.15) is 0 Å². The highest BCUT2D eigenvalue weighted by atomic mass is 16.5. The Morgan fingerprint density at radius 2 is 2.38 bits per heavy atom. The molecule has 2 N–H and O–H groups in total. The Morgan fingerprint density at radius 1 is 1.54 bits per heavy atom. The number of pyridine rings is 1. The first kappa shape index (κ1) is 16.7. The maximum absolute atomic E-state index is 12.0. The maximum Gasteiger partial charge on any atom is 0.258 e. The lowest BCUT2D eigenvalue weighted by molar-refractivity contribution is -0.123. The SMILES string of the molecule is Cc1cc(C)c2c(OCC(=O)NCC3CNCCO3)nn(C)c2n1. The van der Waals surface area contributed by atoms with E-state index >= 15 is 0 Å². The molecule has 3 rings (SSSR count). The zero-order chi connectivity index (χ0) is 17.1. The summed E-state index contributed by atoms with van der Waals surface area (Å²) in [5, 5.41) is 11.2. The van der Waals surface area contributed by atoms with Crippen molar-refractivity contribution < 1.29 is 14.3 Å². The van der Waals surface area contributed by atoms with Crippen molar-refractivity contribution in [3.63, 3.8) is 0 Å². The van der Waals surface area contributed by atoms with E-state index in [1.807, 2.05) is 27.0 Å². The van der Waals surface area contributed by atoms with E-state index in [-0.39, 0.29) is 18.6 Å². The van der Waals surface area contributed by atoms with Gasteiger partial charge < -0.3 is 20.1 Å². The van der Waals surface area contributed by atoms with E-state index in [9.17, 15) is 4.79 Å². The van der Waals surface area contributed by atoms with Crippen molar-refractivity contribution in [2.24, 2.45) is 7.05 Å². The summed E-state index contributed by atoms with van der Waals surface area (Å²) in [6, 6.07) is 1.98. The molecule has 2 aromatic rings. The van der Waals surface area contributed by atoms with Crippen molar-refractivity contribution in [3.05, 3.63) is 17.3 Å². The number of hydrogen-bond acceptors (Lipinski definition) is 6. The lowest BCUT2D eigenvalue weighted by Gasteiger charge is -2.23. The maximum atomic E-state index is 12.0. The van der Waals surface area contributed by atoms with Gasteiger partial charge in [0.25, 0.3) is 5.91 Å². The van der Waals surface area contributed by atoms with Gasteiger partial charge in [-0.05, 0) is 25.5 Å². The van der Waals surface area contributed by atoms with Crippen LogP contribution in [-0.2, 0) is 16.6 Å². The summed E-state index contributed by atoms with van der Waals surface area (Å²) in [5.41, 5.74) is 2.71. The van der Waals surface area contributed by atoms with Gasteiger partial charge in [-0.25, -0.2) is 9.67 Å². The molecular weight excluding hydrogens is 310 g/mol. The summed E-state index contributed by atoms with van der Waals surface area (Å²) in [7, 11) is 1.81. The molecule has 8 heteroatoms. The molecule has 0 spiro atoms. The summed E-state index contributed by atoms with van der Waals surface area (Å²) in [4.78, 5) is 16.5. The predicted molar refractivity (Wildman–Crippen MR) is 89.1 cm³/mol. The van der Waals surface area contributed by atoms with Gasteiger partial charge in [0.2, 0.25) is 5.88 Å². The number of aromatic nitrogens is 3. The monoisotopic (exact) mass is 333 g/mol. The van der Waals surface area contributed by atoms with Gasteiger partial charge in [0, 0.05) is 32.4 Å². The smallest absolute Gasteiger partial charge is 0.258 e. The molecule has 1 saturated heterocycles. The van der Waals surface area contributed by atoms with Gasteiger partial charge in [0.05, 0.1) is 18.1 Å². The quantitative estimate of drug-likeness (QED) is 0.805. The number of hydrogen-bond donors (Lipinski definition) is 2. The van der Waals surface area contributed by atoms with Crippen LogP contribution < -0.4 is 15.4 Å². The van der Waals surface area contributed by atoms with Gasteiger partial charge in [-0.1, -0.05) is 0 Å². The molecular formula is C16H23N5O3. The van der Waals surface area contributed by atoms with Crippen LogP contribution in [0.4, 0.5) is 0 Å². The van der Waals surface area contributed by atoms with Gasteiger partial charge in [0.15, 0.2) is 12.3 Å². The molecule has 2 aromatic heterocycles. The van der Waals surface area contributed by atoms with Crippen LogP contribution in [0.1, 0.15) is 11.3 Å². The van der Waals surface area contributed by atoms with Crippen LogP contribution in [0, 0.1) is 13.8 Å². The second-order valence-corrected chi connectivity index (χ2v) is 6.00. The van der Waals surface area contributed by atoms with Crippen LogP contribution in [0.25, 0.3) is 11.0 Å². The fourth-order valence-electron chi connectivity index (χ4n) is 2.81. The molecule has 1 aliphatic heterocycles. The van der Waals surface area contributed by atoms with Gasteiger partial charge in [-0.3, -0.25) is 4.79 Å². The molecule has 0 radical (unpaired) electrons. The number of aryl methyl sites for hydroxylation is 3. The fourth-order valence-corrected chi connectivity index (χ4v) is 2.81. The molecule has 0 aromatic carbocycles. The van der Waals surface area contributed by atoms with Gasteiger partial charge >= 0.3 is 0 Å². The number of amides is 1. The largest absolute Gasteiger partial charge is 0.466 e. The van der Waals surface area contributed by atoms with Crippen molar-refractivity contribution in [2.45, 2.75) is 20.0 Å². The lowest BCUT2D eigenvalue weighted by Crippen LogP contribution is -2.45. The van der Waals surface area contributed by atoms with Crippen molar-refractivity contribution in [1.82, 2.24) is 25.4 Å². The molecule has 0 saturated carbocycles. The highest BCUT2D eigenvalue weighted by molar-refractivity contribution is 5.85. The number of nitrogens with zero attached hydrogens (tertiary/aromatic N) is 3. The Morgan fingerprint density at radius 3 is 3.12 bits per heavy atom. The van der Waals surface area contributed by atoms with Gasteiger partial charge in [-0.15, -0.1) is 5.10 Å². The van der Waals surface area contributed by atoms with Crippen LogP contribution in [-0.4, -0.2) is 59.6 Å². The third kappa shape index (κ3) is 3.65. The van der Waals surface area contributed by atoms with Gasteiger partial charge in [-0.2, -0.15) is 0 Å². The topological polar surface area (TPSA) is 90.3 Å². The molecule has 1 fully saturated rings. The second kappa shape index (κ2) is 7.14. The van der Waals surface area contributed by atoms with E-state index in [0.29, 0.717) is 19.0 Å². The standard InChI is InChI=1S/C16H23N5O3/c1-10-6-11(2)19-15-14(10)16(20-21(15)3)24-9-13(22)18-8-12-7-17-4-5-23-12/h6,12,17H,4-5,7-9H2,1-3H3,(H,18,22). The molecule has 3 heterocycles. The van der Waals surface area contributed by atoms with Crippen molar-refractivity contribution in [2.75, 3.05) is 32.8 Å². The normalized spacial score (nSPS) is 17.9. The predicted octanol–water partition coefficient (Wildman–Crippen LogP) is 0.0685. The second-order valence-electron chi connectivity index (χ2n) is 6.00. The Kier molecular flexibility index (Phi) is 4.96. The Balaban J connectivity index is 1.60. The number of nitrogens with one attached hydrogen (secondary N) is 2. The zero-order valence-electron chi connectivity index (χ0n) is 14.3. The Labute approximate surface area is 140 Å². The minimum atomic E-state index is -0.194. The summed E-state index contributed by atoms with van der Waals surface area (Å²) in [6.45, 7) is 6.58. The third-order valence-corrected chi connectivity index (χ3v) is 3.96. The highest BCUT2D eigenvalue weighted by Crippen LogP contribution is 2.26. The van der Waals surface area contributed by atoms with Crippen molar-refractivity contribution in [1.29, 1.82) is 0 Å². The minimum Gasteiger partial charge on any atom is -0.466 e. The number of carbonyl (C=O) groups is 1. The fraction of sp³-hybridized carbons (Fsp3) is 0.562. The lowest BCUT2D eigenvalue weighted by atomic mass is 10.2. The van der Waals surface area contributed by atoms with Crippen molar-refractivity contribution >= 4 is 16.9 Å². The third-order valence-electron chi connectivity index (χ3n) is 3.96. The minimum absolute atomic E-state index is 0.00722. The first-order valence-electron chi connectivity index (χ1n) is 8.07. The van der Waals surface area contributed by atoms with E-state index in [0.717, 1.165) is 35.4 Å². The summed E-state index contributed by atoms with van der Waals surface area (Å²) >= 11 is 0. The highest BCUT2D eigenvalue weighted by Gasteiger charge is 2.17. The summed E-state index contributed by atoms with van der Waals surface area (Å²) < 4.78 is 12.8. The Hall–Kier alpha value is -2.19. The molecule has 1 amide bonds. The van der Waals surface area contributed by atoms with Crippen LogP contribution in [0.15, 0.2) is 6.07 Å². The summed E-state index contributed by atoms with van der Waals surface area (Å²) in [5.74, 6) is 0.240. The van der Waals surface area contributed by atoms with E-state index in [1.54, 1.807) is 4.68 Å². The van der Waals surface area contributed by atoms with E-state index < -0.39 is 0 Å². The number of morpholine rings is 1. The zero-order valence-corrected chi connectivity index (χ0v) is 14.3. The van der Waals surface area contributed by atoms with Crippen molar-refractivity contribution in [3.8, 4) is 5.88 Å². The molecule has 1 aliphatic rings. The van der Waals surface area contributed by atoms with Crippen LogP contribution >= 0.6 is 0 Å². The molecule has 0 aliphatic carbocycles. The van der Waals surface area contributed by atoms with E-state index in [2.05, 4.69) is 20.7 Å². The number of fused-ring (bicyclic) bond motifs is 1. The number of carbonyl (C=O) groups excluding carboxylic acids is 1. The molecule has 0 bridgehead atoms. The molecule has 130 valence electrons. The van der Waals surface area contributed by atoms with Crippen LogP contribution in [0.3, 0.4) is 0 Å². The summed E-state index contributed by atoms with van der Waals surface area (Å²) in [6.07, 6.45) is 0.00722. The first-order chi connectivity index (χ1) is 11.5. The number of rotatable bonds is 5. The average molecular weight is 333 g/mol. The molecule has 1 unspecified atom stereocenters. The molecule has 24 heavy (non-hydrogen) atoms. The molecule has 1 atom stereocenters. The van der Waals surface area contributed by atoms with Crippen LogP contribution in [0.2, 0.25) is 0 Å². The Bertz CT molecular complexity index is 737. The average Bonchev–Trinajstić information content (AvgIpc) is 2.88. The van der Waals surface area contributed by atoms with E-state index in [1.165, 1.54) is 0 Å². The number of ether oxygens (including phenoxy) is 2. The van der Waals surface area contributed by atoms with Crippen LogP contribution in [0.5, 0.6) is 5.88 Å². The van der Waals surface area contributed by atoms with E-state index in [4.69, 9.17) is 9.47 Å². The first-order valence-corrected chi connectivity index (χ1v) is 8.07. The molecule has 8 nitrogen and oxygen atoms in total.